The van der Waals surface area contributed by atoms with Gasteiger partial charge in [0.25, 0.3) is 10.0 Å². The third kappa shape index (κ3) is 8.60. The molecule has 0 heterocycles. The van der Waals surface area contributed by atoms with Crippen molar-refractivity contribution in [2.45, 2.75) is 71.0 Å². The molecule has 45 heavy (non-hydrogen) atoms. The van der Waals surface area contributed by atoms with Crippen LogP contribution in [0.5, 0.6) is 0 Å². The zero-order valence-electron chi connectivity index (χ0n) is 26.7. The molecule has 0 radical (unpaired) electrons. The van der Waals surface area contributed by atoms with E-state index in [9.17, 15) is 18.0 Å². The van der Waals surface area contributed by atoms with Gasteiger partial charge in [-0.25, -0.2) is 8.42 Å². The summed E-state index contributed by atoms with van der Waals surface area (Å²) in [6.45, 7) is 9.42. The molecule has 0 aliphatic carbocycles. The van der Waals surface area contributed by atoms with Gasteiger partial charge in [0, 0.05) is 19.0 Å². The molecule has 8 heteroatoms. The largest absolute Gasteiger partial charge is 0.352 e. The first-order chi connectivity index (χ1) is 21.5. The molecule has 0 aromatic heterocycles. The SMILES string of the molecule is CC[C@@H](C)NC(=O)[C@@H](Cc1ccccc1)N(Cc1ccc(C)cc1)C(=O)CN(c1ccc(C)c(C)c1)S(=O)(=O)c1ccccc1. The van der Waals surface area contributed by atoms with Gasteiger partial charge in [0.15, 0.2) is 0 Å². The zero-order valence-corrected chi connectivity index (χ0v) is 27.6. The third-order valence-corrected chi connectivity index (χ3v) is 9.92. The molecule has 0 bridgehead atoms. The Kier molecular flexibility index (Phi) is 11.2. The van der Waals surface area contributed by atoms with Crippen LogP contribution in [0.1, 0.15) is 48.1 Å². The van der Waals surface area contributed by atoms with Crippen LogP contribution in [-0.4, -0.2) is 43.8 Å². The van der Waals surface area contributed by atoms with Crippen molar-refractivity contribution in [3.8, 4) is 0 Å². The van der Waals surface area contributed by atoms with Crippen LogP contribution in [0, 0.1) is 20.8 Å². The Balaban J connectivity index is 1.81. The summed E-state index contributed by atoms with van der Waals surface area (Å²) in [6.07, 6.45) is 1.00. The van der Waals surface area contributed by atoms with E-state index in [0.29, 0.717) is 5.69 Å². The van der Waals surface area contributed by atoms with Crippen LogP contribution in [0.2, 0.25) is 0 Å². The lowest BCUT2D eigenvalue weighted by atomic mass is 10.0. The lowest BCUT2D eigenvalue weighted by Crippen LogP contribution is -2.54. The molecule has 0 aliphatic rings. The minimum Gasteiger partial charge on any atom is -0.352 e. The average Bonchev–Trinajstić information content (AvgIpc) is 3.04. The lowest BCUT2D eigenvalue weighted by molar-refractivity contribution is -0.140. The molecule has 2 amide bonds. The number of carbonyl (C=O) groups is 2. The van der Waals surface area contributed by atoms with E-state index in [1.807, 2.05) is 95.3 Å². The Hall–Kier alpha value is -4.43. The van der Waals surface area contributed by atoms with Gasteiger partial charge in [-0.05, 0) is 80.6 Å². The number of aryl methyl sites for hydroxylation is 3. The molecule has 0 aliphatic heterocycles. The minimum atomic E-state index is -4.13. The van der Waals surface area contributed by atoms with E-state index in [0.717, 1.165) is 38.5 Å². The van der Waals surface area contributed by atoms with Crippen molar-refractivity contribution in [2.24, 2.45) is 0 Å². The summed E-state index contributed by atoms with van der Waals surface area (Å²) >= 11 is 0. The van der Waals surface area contributed by atoms with E-state index in [4.69, 9.17) is 0 Å². The van der Waals surface area contributed by atoms with Crippen molar-refractivity contribution in [2.75, 3.05) is 10.8 Å². The first kappa shape index (κ1) is 33.5. The minimum absolute atomic E-state index is 0.0801. The predicted octanol–water partition coefficient (Wildman–Crippen LogP) is 6.36. The molecular formula is C37H43N3O4S. The van der Waals surface area contributed by atoms with Crippen molar-refractivity contribution in [1.82, 2.24) is 10.2 Å². The lowest BCUT2D eigenvalue weighted by Gasteiger charge is -2.34. The van der Waals surface area contributed by atoms with Gasteiger partial charge in [-0.2, -0.15) is 0 Å². The molecule has 4 aromatic carbocycles. The highest BCUT2D eigenvalue weighted by molar-refractivity contribution is 7.92. The van der Waals surface area contributed by atoms with Gasteiger partial charge in [-0.3, -0.25) is 13.9 Å². The quantitative estimate of drug-likeness (QED) is 0.187. The topological polar surface area (TPSA) is 86.8 Å². The van der Waals surface area contributed by atoms with Crippen LogP contribution in [0.4, 0.5) is 5.69 Å². The number of amides is 2. The van der Waals surface area contributed by atoms with E-state index in [2.05, 4.69) is 5.32 Å². The average molecular weight is 626 g/mol. The molecule has 7 nitrogen and oxygen atoms in total. The molecule has 0 fully saturated rings. The van der Waals surface area contributed by atoms with E-state index in [1.165, 1.54) is 17.0 Å². The second-order valence-electron chi connectivity index (χ2n) is 11.6. The number of nitrogens with zero attached hydrogens (tertiary/aromatic N) is 2. The fraction of sp³-hybridized carbons (Fsp3) is 0.297. The van der Waals surface area contributed by atoms with E-state index in [-0.39, 0.29) is 29.8 Å². The number of rotatable bonds is 13. The first-order valence-electron chi connectivity index (χ1n) is 15.3. The van der Waals surface area contributed by atoms with E-state index in [1.54, 1.807) is 30.3 Å². The van der Waals surface area contributed by atoms with Crippen LogP contribution < -0.4 is 9.62 Å². The highest BCUT2D eigenvalue weighted by Gasteiger charge is 2.35. The van der Waals surface area contributed by atoms with Gasteiger partial charge in [0.1, 0.15) is 12.6 Å². The maximum atomic E-state index is 14.6. The molecule has 0 spiro atoms. The van der Waals surface area contributed by atoms with E-state index < -0.39 is 28.5 Å². The number of hydrogen-bond acceptors (Lipinski definition) is 4. The van der Waals surface area contributed by atoms with Gasteiger partial charge in [-0.1, -0.05) is 91.3 Å². The van der Waals surface area contributed by atoms with Gasteiger partial charge in [-0.15, -0.1) is 0 Å². The molecule has 0 saturated heterocycles. The summed E-state index contributed by atoms with van der Waals surface area (Å²) in [7, 11) is -4.13. The summed E-state index contributed by atoms with van der Waals surface area (Å²) < 4.78 is 29.4. The van der Waals surface area contributed by atoms with E-state index >= 15 is 0 Å². The third-order valence-electron chi connectivity index (χ3n) is 8.13. The van der Waals surface area contributed by atoms with Crippen LogP contribution in [0.3, 0.4) is 0 Å². The Morgan fingerprint density at radius 2 is 1.40 bits per heavy atom. The molecule has 0 unspecified atom stereocenters. The molecule has 1 N–H and O–H groups in total. The molecule has 0 saturated carbocycles. The summed E-state index contributed by atoms with van der Waals surface area (Å²) in [6, 6.07) is 29.9. The smallest absolute Gasteiger partial charge is 0.264 e. The van der Waals surface area contributed by atoms with Gasteiger partial charge in [0.05, 0.1) is 10.6 Å². The van der Waals surface area contributed by atoms with Gasteiger partial charge in [0.2, 0.25) is 11.8 Å². The van der Waals surface area contributed by atoms with Crippen molar-refractivity contribution >= 4 is 27.5 Å². The van der Waals surface area contributed by atoms with Crippen LogP contribution in [-0.2, 0) is 32.6 Å². The van der Waals surface area contributed by atoms with Gasteiger partial charge < -0.3 is 10.2 Å². The Bertz CT molecular complexity index is 1690. The number of nitrogens with one attached hydrogen (secondary N) is 1. The van der Waals surface area contributed by atoms with Crippen molar-refractivity contribution < 1.29 is 18.0 Å². The fourth-order valence-electron chi connectivity index (χ4n) is 5.01. The summed E-state index contributed by atoms with van der Waals surface area (Å²) in [5.41, 5.74) is 5.10. The zero-order chi connectivity index (χ0) is 32.6. The van der Waals surface area contributed by atoms with Crippen LogP contribution >= 0.6 is 0 Å². The molecule has 4 aromatic rings. The Morgan fingerprint density at radius 1 is 0.778 bits per heavy atom. The summed E-state index contributed by atoms with van der Waals surface area (Å²) in [5, 5.41) is 3.07. The maximum Gasteiger partial charge on any atom is 0.264 e. The second-order valence-corrected chi connectivity index (χ2v) is 13.5. The molecule has 4 rings (SSSR count). The summed E-state index contributed by atoms with van der Waals surface area (Å²) in [5.74, 6) is -0.758. The number of benzene rings is 4. The van der Waals surface area contributed by atoms with Crippen LogP contribution in [0.15, 0.2) is 108 Å². The van der Waals surface area contributed by atoms with Crippen molar-refractivity contribution in [1.29, 1.82) is 0 Å². The van der Waals surface area contributed by atoms with Crippen molar-refractivity contribution in [3.63, 3.8) is 0 Å². The Labute approximate surface area is 268 Å². The Morgan fingerprint density at radius 3 is 2.00 bits per heavy atom. The highest BCUT2D eigenvalue weighted by atomic mass is 32.2. The number of hydrogen-bond donors (Lipinski definition) is 1. The highest BCUT2D eigenvalue weighted by Crippen LogP contribution is 2.27. The normalized spacial score (nSPS) is 12.6. The number of anilines is 1. The molecule has 236 valence electrons. The first-order valence-corrected chi connectivity index (χ1v) is 16.8. The molecule has 2 atom stereocenters. The molecular weight excluding hydrogens is 582 g/mol. The van der Waals surface area contributed by atoms with Crippen LogP contribution in [0.25, 0.3) is 0 Å². The number of sulfonamides is 1. The monoisotopic (exact) mass is 625 g/mol. The standard InChI is InChI=1S/C37H43N3O4S/c1-6-30(5)38-37(42)35(24-31-13-9-7-10-14-31)39(25-32-20-17-27(2)18-21-32)36(41)26-40(33-22-19-28(3)29(4)23-33)45(43,44)34-15-11-8-12-16-34/h7-23,30,35H,6,24-26H2,1-5H3,(H,38,42)/t30-,35-/m1/s1. The maximum absolute atomic E-state index is 14.6. The predicted molar refractivity (Wildman–Crippen MR) is 180 cm³/mol. The second kappa shape index (κ2) is 15.0. The fourth-order valence-corrected chi connectivity index (χ4v) is 6.44. The number of carbonyl (C=O) groups excluding carboxylic acids is 2. The summed E-state index contributed by atoms with van der Waals surface area (Å²) in [4.78, 5) is 30.1. The van der Waals surface area contributed by atoms with Gasteiger partial charge >= 0.3 is 0 Å². The van der Waals surface area contributed by atoms with Crippen molar-refractivity contribution in [3.05, 3.63) is 131 Å².